The van der Waals surface area contributed by atoms with Gasteiger partial charge in [0, 0.05) is 17.7 Å². The van der Waals surface area contributed by atoms with Gasteiger partial charge in [0.05, 0.1) is 10.7 Å². The number of H-pyrrole nitrogens is 1. The number of nitrogens with one attached hydrogen (secondary N) is 1. The predicted molar refractivity (Wildman–Crippen MR) is 83.4 cm³/mol. The van der Waals surface area contributed by atoms with E-state index in [0.717, 1.165) is 48.8 Å². The Bertz CT molecular complexity index is 587. The average Bonchev–Trinajstić information content (AvgIpc) is 3.02. The van der Waals surface area contributed by atoms with Crippen molar-refractivity contribution in [2.75, 3.05) is 0 Å². The van der Waals surface area contributed by atoms with Crippen molar-refractivity contribution in [2.24, 2.45) is 0 Å². The van der Waals surface area contributed by atoms with Crippen LogP contribution in [-0.2, 0) is 18.7 Å². The average molecular weight is 312 g/mol. The van der Waals surface area contributed by atoms with Crippen LogP contribution in [0, 0.1) is 0 Å². The van der Waals surface area contributed by atoms with E-state index in [1.54, 1.807) is 27.7 Å². The van der Waals surface area contributed by atoms with Crippen LogP contribution in [-0.4, -0.2) is 19.7 Å². The molecule has 1 N–H and O–H groups in total. The van der Waals surface area contributed by atoms with Crippen LogP contribution < -0.4 is 5.69 Å². The highest BCUT2D eigenvalue weighted by atomic mass is 32.2. The first-order valence-corrected chi connectivity index (χ1v) is 8.82. The van der Waals surface area contributed by atoms with Crippen LogP contribution in [0.2, 0.25) is 0 Å². The molecule has 2 aromatic rings. The van der Waals surface area contributed by atoms with Crippen molar-refractivity contribution in [3.05, 3.63) is 26.6 Å². The Morgan fingerprint density at radius 1 is 1.40 bits per heavy atom. The molecule has 20 heavy (non-hydrogen) atoms. The number of thiazole rings is 1. The van der Waals surface area contributed by atoms with E-state index in [4.69, 9.17) is 0 Å². The van der Waals surface area contributed by atoms with Gasteiger partial charge in [0.25, 0.3) is 0 Å². The summed E-state index contributed by atoms with van der Waals surface area (Å²) in [6.07, 6.45) is 4.22. The third-order valence-electron chi connectivity index (χ3n) is 2.87. The molecular formula is C13H20N4OS2. The van der Waals surface area contributed by atoms with Crippen molar-refractivity contribution < 1.29 is 0 Å². The quantitative estimate of drug-likeness (QED) is 0.761. The maximum Gasteiger partial charge on any atom is 0.343 e. The molecule has 0 fully saturated rings. The SMILES string of the molecule is CCCCn1c(SCc2csc(CCC)n2)n[nH]c1=O. The van der Waals surface area contributed by atoms with Crippen LogP contribution in [0.25, 0.3) is 0 Å². The molecule has 0 aliphatic rings. The van der Waals surface area contributed by atoms with E-state index in [2.05, 4.69) is 34.4 Å². The van der Waals surface area contributed by atoms with Crippen molar-refractivity contribution in [2.45, 2.75) is 57.0 Å². The van der Waals surface area contributed by atoms with Gasteiger partial charge in [0.2, 0.25) is 0 Å². The predicted octanol–water partition coefficient (Wildman–Crippen LogP) is 3.07. The Hall–Kier alpha value is -1.08. The standard InChI is InChI=1S/C13H20N4OS2/c1-3-5-7-17-12(18)15-16-13(17)20-9-10-8-19-11(14-10)6-4-2/h8H,3-7,9H2,1-2H3,(H,15,18). The van der Waals surface area contributed by atoms with E-state index < -0.39 is 0 Å². The topological polar surface area (TPSA) is 63.6 Å². The van der Waals surface area contributed by atoms with E-state index in [1.165, 1.54) is 5.01 Å². The molecule has 0 radical (unpaired) electrons. The van der Waals surface area contributed by atoms with E-state index in [9.17, 15) is 4.79 Å². The van der Waals surface area contributed by atoms with Gasteiger partial charge in [-0.25, -0.2) is 14.9 Å². The molecule has 5 nitrogen and oxygen atoms in total. The third kappa shape index (κ3) is 3.96. The van der Waals surface area contributed by atoms with E-state index >= 15 is 0 Å². The van der Waals surface area contributed by atoms with Gasteiger partial charge < -0.3 is 0 Å². The van der Waals surface area contributed by atoms with Crippen LogP contribution in [0.3, 0.4) is 0 Å². The zero-order valence-electron chi connectivity index (χ0n) is 11.9. The summed E-state index contributed by atoms with van der Waals surface area (Å²) in [5.41, 5.74) is 0.951. The third-order valence-corrected chi connectivity index (χ3v) is 4.84. The van der Waals surface area contributed by atoms with Crippen LogP contribution in [0.1, 0.15) is 43.8 Å². The molecule has 0 aromatic carbocycles. The largest absolute Gasteiger partial charge is 0.343 e. The number of hydrogen-bond acceptors (Lipinski definition) is 5. The summed E-state index contributed by atoms with van der Waals surface area (Å²) in [6.45, 7) is 5.00. The number of aromatic nitrogens is 4. The second-order valence-corrected chi connectivity index (χ2v) is 6.47. The zero-order valence-corrected chi connectivity index (χ0v) is 13.5. The van der Waals surface area contributed by atoms with Crippen molar-refractivity contribution in [3.63, 3.8) is 0 Å². The number of rotatable bonds is 8. The summed E-state index contributed by atoms with van der Waals surface area (Å²) in [5.74, 6) is 0.761. The maximum absolute atomic E-state index is 11.7. The molecule has 2 heterocycles. The Kier molecular flexibility index (Phi) is 5.85. The van der Waals surface area contributed by atoms with Crippen molar-refractivity contribution >= 4 is 23.1 Å². The van der Waals surface area contributed by atoms with Gasteiger partial charge in [-0.1, -0.05) is 32.0 Å². The van der Waals surface area contributed by atoms with Gasteiger partial charge in [-0.15, -0.1) is 16.4 Å². The molecule has 0 saturated heterocycles. The molecule has 0 bridgehead atoms. The fourth-order valence-corrected chi connectivity index (χ4v) is 3.68. The highest BCUT2D eigenvalue weighted by molar-refractivity contribution is 7.98. The number of hydrogen-bond donors (Lipinski definition) is 1. The molecule has 0 unspecified atom stereocenters. The first-order valence-electron chi connectivity index (χ1n) is 6.95. The van der Waals surface area contributed by atoms with Crippen LogP contribution in [0.4, 0.5) is 0 Å². The lowest BCUT2D eigenvalue weighted by atomic mass is 10.3. The Morgan fingerprint density at radius 2 is 2.25 bits per heavy atom. The molecule has 0 atom stereocenters. The Balaban J connectivity index is 1.97. The number of thioether (sulfide) groups is 1. The number of nitrogens with zero attached hydrogens (tertiary/aromatic N) is 3. The summed E-state index contributed by atoms with van der Waals surface area (Å²) in [5, 5.41) is 10.7. The molecule has 0 aliphatic carbocycles. The lowest BCUT2D eigenvalue weighted by Gasteiger charge is -2.03. The van der Waals surface area contributed by atoms with Crippen molar-refractivity contribution in [1.82, 2.24) is 19.7 Å². The fraction of sp³-hybridized carbons (Fsp3) is 0.615. The monoisotopic (exact) mass is 312 g/mol. The van der Waals surface area contributed by atoms with Gasteiger partial charge in [-0.2, -0.15) is 0 Å². The number of unbranched alkanes of at least 4 members (excludes halogenated alkanes) is 1. The highest BCUT2D eigenvalue weighted by Gasteiger charge is 2.10. The molecule has 2 rings (SSSR count). The van der Waals surface area contributed by atoms with E-state index in [-0.39, 0.29) is 5.69 Å². The minimum absolute atomic E-state index is 0.120. The molecule has 110 valence electrons. The summed E-state index contributed by atoms with van der Waals surface area (Å²) in [6, 6.07) is 0. The molecule has 0 saturated carbocycles. The van der Waals surface area contributed by atoms with Gasteiger partial charge in [0.15, 0.2) is 5.16 Å². The second-order valence-electron chi connectivity index (χ2n) is 4.59. The summed E-state index contributed by atoms with van der Waals surface area (Å²) < 4.78 is 1.72. The smallest absolute Gasteiger partial charge is 0.270 e. The molecular weight excluding hydrogens is 292 g/mol. The van der Waals surface area contributed by atoms with E-state index in [1.807, 2.05) is 0 Å². The van der Waals surface area contributed by atoms with Crippen LogP contribution in [0.15, 0.2) is 15.3 Å². The Morgan fingerprint density at radius 3 is 3.00 bits per heavy atom. The van der Waals surface area contributed by atoms with Crippen LogP contribution in [0.5, 0.6) is 0 Å². The van der Waals surface area contributed by atoms with Gasteiger partial charge in [0.1, 0.15) is 0 Å². The van der Waals surface area contributed by atoms with Crippen molar-refractivity contribution in [1.29, 1.82) is 0 Å². The first kappa shape index (κ1) is 15.3. The molecule has 0 amide bonds. The fourth-order valence-electron chi connectivity index (χ4n) is 1.81. The highest BCUT2D eigenvalue weighted by Crippen LogP contribution is 2.21. The van der Waals surface area contributed by atoms with Crippen LogP contribution >= 0.6 is 23.1 Å². The van der Waals surface area contributed by atoms with Gasteiger partial charge in [-0.3, -0.25) is 4.57 Å². The molecule has 0 aliphatic heterocycles. The summed E-state index contributed by atoms with van der Waals surface area (Å²) in [7, 11) is 0. The van der Waals surface area contributed by atoms with Crippen molar-refractivity contribution in [3.8, 4) is 0 Å². The molecule has 2 aromatic heterocycles. The summed E-state index contributed by atoms with van der Waals surface area (Å²) >= 11 is 3.28. The second kappa shape index (κ2) is 7.64. The zero-order chi connectivity index (χ0) is 14.4. The Labute approximate surface area is 126 Å². The number of aromatic amines is 1. The number of aryl methyl sites for hydroxylation is 1. The lowest BCUT2D eigenvalue weighted by molar-refractivity contribution is 0.573. The van der Waals surface area contributed by atoms with E-state index in [0.29, 0.717) is 0 Å². The lowest BCUT2D eigenvalue weighted by Crippen LogP contribution is -2.17. The summed E-state index contributed by atoms with van der Waals surface area (Å²) in [4.78, 5) is 16.3. The van der Waals surface area contributed by atoms with Gasteiger partial charge in [-0.05, 0) is 19.3 Å². The molecule has 0 spiro atoms. The minimum Gasteiger partial charge on any atom is -0.270 e. The minimum atomic E-state index is -0.120. The van der Waals surface area contributed by atoms with Gasteiger partial charge >= 0.3 is 5.69 Å². The first-order chi connectivity index (χ1) is 9.74. The normalized spacial score (nSPS) is 11.1. The maximum atomic E-state index is 11.7. The molecule has 7 heteroatoms.